The Morgan fingerprint density at radius 2 is 2.15 bits per heavy atom. The standard InChI is InChI=1S/C21H23NO2S2/c23-20(22-18-16-8-11-24-19(16)21(18)9-4-10-21)15-6-1-2-7-17(15)26-13-14-5-3-12-25-14/h1-3,5-7,12,16,18-19H,4,8-11,13H2,(H,22,23)/t16-,18-,19+/m1/s1. The number of fused-ring (bicyclic) bond motifs is 2. The lowest BCUT2D eigenvalue weighted by Gasteiger charge is -2.63. The molecule has 2 heterocycles. The molecule has 1 amide bonds. The van der Waals surface area contributed by atoms with Crippen molar-refractivity contribution in [2.45, 2.75) is 48.5 Å². The molecule has 3 fully saturated rings. The number of nitrogens with one attached hydrogen (secondary N) is 1. The molecule has 136 valence electrons. The zero-order valence-corrected chi connectivity index (χ0v) is 16.3. The van der Waals surface area contributed by atoms with Crippen LogP contribution in [0.25, 0.3) is 0 Å². The lowest BCUT2D eigenvalue weighted by molar-refractivity contribution is -0.172. The molecule has 1 N–H and O–H groups in total. The van der Waals surface area contributed by atoms with Gasteiger partial charge in [-0.2, -0.15) is 0 Å². The minimum Gasteiger partial charge on any atom is -0.377 e. The number of benzene rings is 1. The third-order valence-electron chi connectivity index (χ3n) is 6.40. The third-order valence-corrected chi connectivity index (χ3v) is 8.59. The Labute approximate surface area is 162 Å². The van der Waals surface area contributed by atoms with Gasteiger partial charge in [0.1, 0.15) is 0 Å². The fourth-order valence-electron chi connectivity index (χ4n) is 5.00. The van der Waals surface area contributed by atoms with Crippen molar-refractivity contribution in [2.24, 2.45) is 11.3 Å². The van der Waals surface area contributed by atoms with Crippen LogP contribution in [0, 0.1) is 11.3 Å². The van der Waals surface area contributed by atoms with E-state index in [0.717, 1.165) is 29.2 Å². The summed E-state index contributed by atoms with van der Waals surface area (Å²) in [5.74, 6) is 1.51. The molecule has 1 spiro atoms. The second-order valence-electron chi connectivity index (χ2n) is 7.65. The first-order valence-corrected chi connectivity index (χ1v) is 11.3. The number of ether oxygens (including phenoxy) is 1. The van der Waals surface area contributed by atoms with Crippen molar-refractivity contribution in [1.82, 2.24) is 5.32 Å². The van der Waals surface area contributed by atoms with Crippen LogP contribution in [0.1, 0.15) is 40.9 Å². The van der Waals surface area contributed by atoms with E-state index < -0.39 is 0 Å². The van der Waals surface area contributed by atoms with Crippen LogP contribution in [0.3, 0.4) is 0 Å². The van der Waals surface area contributed by atoms with Crippen LogP contribution in [-0.4, -0.2) is 24.7 Å². The molecule has 3 atom stereocenters. The maximum atomic E-state index is 13.1. The quantitative estimate of drug-likeness (QED) is 0.757. The van der Waals surface area contributed by atoms with Gasteiger partial charge in [0.25, 0.3) is 5.91 Å². The molecule has 3 nitrogen and oxygen atoms in total. The summed E-state index contributed by atoms with van der Waals surface area (Å²) in [7, 11) is 0. The Morgan fingerprint density at radius 3 is 2.92 bits per heavy atom. The molecular weight excluding hydrogens is 362 g/mol. The second-order valence-corrected chi connectivity index (χ2v) is 9.70. The van der Waals surface area contributed by atoms with Crippen molar-refractivity contribution < 1.29 is 9.53 Å². The van der Waals surface area contributed by atoms with Crippen LogP contribution in [0.2, 0.25) is 0 Å². The molecular formula is C21H23NO2S2. The first-order valence-electron chi connectivity index (χ1n) is 9.45. The Hall–Kier alpha value is -1.30. The number of rotatable bonds is 5. The molecule has 3 aliphatic rings. The number of thioether (sulfide) groups is 1. The smallest absolute Gasteiger partial charge is 0.252 e. The minimum absolute atomic E-state index is 0.0842. The minimum atomic E-state index is 0.0842. The van der Waals surface area contributed by atoms with Gasteiger partial charge in [-0.05, 0) is 42.8 Å². The van der Waals surface area contributed by atoms with Crippen molar-refractivity contribution >= 4 is 29.0 Å². The average Bonchev–Trinajstić information content (AvgIpc) is 3.27. The molecule has 1 aromatic carbocycles. The van der Waals surface area contributed by atoms with E-state index in [4.69, 9.17) is 4.74 Å². The first-order chi connectivity index (χ1) is 12.8. The van der Waals surface area contributed by atoms with Gasteiger partial charge in [0.15, 0.2) is 0 Å². The summed E-state index contributed by atoms with van der Waals surface area (Å²) in [5, 5.41) is 5.50. The normalized spacial score (nSPS) is 28.2. The van der Waals surface area contributed by atoms with Crippen LogP contribution in [0.4, 0.5) is 0 Å². The Morgan fingerprint density at radius 1 is 1.27 bits per heavy atom. The number of carbonyl (C=O) groups excluding carboxylic acids is 1. The highest BCUT2D eigenvalue weighted by molar-refractivity contribution is 7.98. The van der Waals surface area contributed by atoms with Gasteiger partial charge in [-0.3, -0.25) is 4.79 Å². The van der Waals surface area contributed by atoms with Gasteiger partial charge in [0.2, 0.25) is 0 Å². The first kappa shape index (κ1) is 16.8. The van der Waals surface area contributed by atoms with Crippen molar-refractivity contribution in [3.05, 3.63) is 52.2 Å². The van der Waals surface area contributed by atoms with E-state index >= 15 is 0 Å². The summed E-state index contributed by atoms with van der Waals surface area (Å²) in [6.07, 6.45) is 5.16. The topological polar surface area (TPSA) is 38.3 Å². The van der Waals surface area contributed by atoms with Crippen molar-refractivity contribution in [3.63, 3.8) is 0 Å². The summed E-state index contributed by atoms with van der Waals surface area (Å²) in [6.45, 7) is 0.858. The van der Waals surface area contributed by atoms with Crippen molar-refractivity contribution in [3.8, 4) is 0 Å². The molecule has 1 aliphatic heterocycles. The number of carbonyl (C=O) groups is 1. The van der Waals surface area contributed by atoms with Crippen LogP contribution in [0.5, 0.6) is 0 Å². The molecule has 5 heteroatoms. The van der Waals surface area contributed by atoms with Crippen LogP contribution >= 0.6 is 23.1 Å². The molecule has 5 rings (SSSR count). The predicted molar refractivity (Wildman–Crippen MR) is 106 cm³/mol. The second kappa shape index (κ2) is 6.70. The molecule has 0 unspecified atom stereocenters. The fourth-order valence-corrected chi connectivity index (χ4v) is 6.82. The highest BCUT2D eigenvalue weighted by Crippen LogP contribution is 2.62. The van der Waals surface area contributed by atoms with E-state index in [9.17, 15) is 4.79 Å². The third kappa shape index (κ3) is 2.63. The highest BCUT2D eigenvalue weighted by Gasteiger charge is 2.66. The van der Waals surface area contributed by atoms with E-state index in [-0.39, 0.29) is 11.3 Å². The van der Waals surface area contributed by atoms with E-state index in [1.165, 1.54) is 24.1 Å². The summed E-state index contributed by atoms with van der Waals surface area (Å²) >= 11 is 3.52. The number of hydrogen-bond acceptors (Lipinski definition) is 4. The van der Waals surface area contributed by atoms with Gasteiger partial charge in [-0.25, -0.2) is 0 Å². The monoisotopic (exact) mass is 385 g/mol. The molecule has 2 saturated carbocycles. The zero-order valence-electron chi connectivity index (χ0n) is 14.6. The van der Waals surface area contributed by atoms with E-state index in [1.807, 2.05) is 18.2 Å². The zero-order chi connectivity index (χ0) is 17.6. The van der Waals surface area contributed by atoms with Crippen molar-refractivity contribution in [2.75, 3.05) is 6.61 Å². The van der Waals surface area contributed by atoms with Crippen LogP contribution < -0.4 is 5.32 Å². The largest absolute Gasteiger partial charge is 0.377 e. The Balaban J connectivity index is 1.31. The van der Waals surface area contributed by atoms with Crippen LogP contribution in [-0.2, 0) is 10.5 Å². The van der Waals surface area contributed by atoms with Gasteiger partial charge in [-0.15, -0.1) is 23.1 Å². The molecule has 0 bridgehead atoms. The number of hydrogen-bond donors (Lipinski definition) is 1. The Kier molecular flexibility index (Phi) is 4.34. The van der Waals surface area contributed by atoms with E-state index in [0.29, 0.717) is 18.1 Å². The van der Waals surface area contributed by atoms with Gasteiger partial charge in [0, 0.05) is 39.5 Å². The molecule has 1 saturated heterocycles. The average molecular weight is 386 g/mol. The van der Waals surface area contributed by atoms with Gasteiger partial charge >= 0.3 is 0 Å². The molecule has 2 aromatic rings. The Bertz CT molecular complexity index is 800. The number of amides is 1. The summed E-state index contributed by atoms with van der Waals surface area (Å²) in [6, 6.07) is 12.5. The summed E-state index contributed by atoms with van der Waals surface area (Å²) in [5.41, 5.74) is 1.04. The lowest BCUT2D eigenvalue weighted by atomic mass is 9.46. The lowest BCUT2D eigenvalue weighted by Crippen LogP contribution is -2.71. The van der Waals surface area contributed by atoms with Gasteiger partial charge in [0.05, 0.1) is 11.7 Å². The van der Waals surface area contributed by atoms with E-state index in [1.54, 1.807) is 23.1 Å². The molecule has 2 aliphatic carbocycles. The fraction of sp³-hybridized carbons (Fsp3) is 0.476. The maximum Gasteiger partial charge on any atom is 0.252 e. The molecule has 0 radical (unpaired) electrons. The predicted octanol–water partition coefficient (Wildman–Crippen LogP) is 4.73. The molecule has 26 heavy (non-hydrogen) atoms. The highest BCUT2D eigenvalue weighted by atomic mass is 32.2. The summed E-state index contributed by atoms with van der Waals surface area (Å²) < 4.78 is 5.98. The van der Waals surface area contributed by atoms with Gasteiger partial charge in [-0.1, -0.05) is 24.6 Å². The van der Waals surface area contributed by atoms with Crippen LogP contribution in [0.15, 0.2) is 46.7 Å². The number of thiophene rings is 1. The van der Waals surface area contributed by atoms with E-state index in [2.05, 4.69) is 28.9 Å². The molecule has 1 aromatic heterocycles. The summed E-state index contributed by atoms with van der Waals surface area (Å²) in [4.78, 5) is 15.5. The maximum absolute atomic E-state index is 13.1. The van der Waals surface area contributed by atoms with Gasteiger partial charge < -0.3 is 10.1 Å². The van der Waals surface area contributed by atoms with Crippen molar-refractivity contribution in [1.29, 1.82) is 0 Å². The SMILES string of the molecule is O=C(N[C@@H]1[C@H]2CCO[C@@H]2C12CCC2)c1ccccc1SCc1cccs1.